The normalized spacial score (nSPS) is 11.9. The summed E-state index contributed by atoms with van der Waals surface area (Å²) in [5.74, 6) is -1.21. The van der Waals surface area contributed by atoms with Crippen LogP contribution in [0.3, 0.4) is 0 Å². The molecule has 0 aliphatic heterocycles. The van der Waals surface area contributed by atoms with Crippen LogP contribution in [0, 0.1) is 5.82 Å². The summed E-state index contributed by atoms with van der Waals surface area (Å²) in [7, 11) is 4.73. The minimum atomic E-state index is -4.72. The number of methoxy groups -OCH3 is 1. The second-order valence-electron chi connectivity index (χ2n) is 9.84. The van der Waals surface area contributed by atoms with Gasteiger partial charge in [0, 0.05) is 12.2 Å². The molecule has 0 spiro atoms. The third-order valence-electron chi connectivity index (χ3n) is 6.72. The Morgan fingerprint density at radius 2 is 1.67 bits per heavy atom. The number of hydrogen-bond donors (Lipinski definition) is 1. The number of fused-ring (bicyclic) bond motifs is 1. The maximum Gasteiger partial charge on any atom is 0.416 e. The summed E-state index contributed by atoms with van der Waals surface area (Å²) in [6, 6.07) is 15.3. The SMILES string of the molecule is COc1cccc(-n2c(=O)c3c(CN(C)C)n(-c4ccc(N)cc4)nc3n(Cc3ccccc3C(F)(F)F)c2=O)c1F. The number of nitrogen functional groups attached to an aromatic ring is 1. The molecule has 2 heterocycles. The summed E-state index contributed by atoms with van der Waals surface area (Å²) in [4.78, 5) is 29.9. The third kappa shape index (κ3) is 5.02. The molecule has 2 aromatic heterocycles. The minimum Gasteiger partial charge on any atom is -0.494 e. The van der Waals surface area contributed by atoms with Gasteiger partial charge in [-0.2, -0.15) is 13.2 Å². The number of alkyl halides is 3. The second-order valence-corrected chi connectivity index (χ2v) is 9.84. The maximum absolute atomic E-state index is 15.5. The molecule has 0 radical (unpaired) electrons. The van der Waals surface area contributed by atoms with E-state index < -0.39 is 41.0 Å². The molecule has 0 fully saturated rings. The lowest BCUT2D eigenvalue weighted by molar-refractivity contribution is -0.138. The first-order valence-corrected chi connectivity index (χ1v) is 12.7. The minimum absolute atomic E-state index is 0.0631. The van der Waals surface area contributed by atoms with Crippen LogP contribution in [-0.4, -0.2) is 45.0 Å². The average Bonchev–Trinajstić information content (AvgIpc) is 3.30. The van der Waals surface area contributed by atoms with E-state index in [1.165, 1.54) is 48.2 Å². The number of halogens is 4. The van der Waals surface area contributed by atoms with Crippen molar-refractivity contribution in [1.82, 2.24) is 23.8 Å². The third-order valence-corrected chi connectivity index (χ3v) is 6.72. The van der Waals surface area contributed by atoms with E-state index in [2.05, 4.69) is 5.10 Å². The fraction of sp³-hybridized carbons (Fsp3) is 0.207. The van der Waals surface area contributed by atoms with Crippen LogP contribution in [0.4, 0.5) is 23.2 Å². The Kier molecular flexibility index (Phi) is 7.37. The number of rotatable bonds is 7. The molecule has 0 atom stereocenters. The van der Waals surface area contributed by atoms with E-state index in [0.29, 0.717) is 21.6 Å². The van der Waals surface area contributed by atoms with Crippen molar-refractivity contribution in [2.75, 3.05) is 26.9 Å². The highest BCUT2D eigenvalue weighted by Gasteiger charge is 2.34. The molecule has 9 nitrogen and oxygen atoms in total. The smallest absolute Gasteiger partial charge is 0.416 e. The molecule has 0 amide bonds. The summed E-state index contributed by atoms with van der Waals surface area (Å²) in [5, 5.41) is 4.50. The molecular weight excluding hydrogens is 556 g/mol. The van der Waals surface area contributed by atoms with Crippen LogP contribution in [0.25, 0.3) is 22.4 Å². The van der Waals surface area contributed by atoms with Gasteiger partial charge >= 0.3 is 11.9 Å². The molecule has 13 heteroatoms. The molecule has 0 saturated carbocycles. The Hall–Kier alpha value is -4.91. The number of anilines is 1. The summed E-state index contributed by atoms with van der Waals surface area (Å²) < 4.78 is 65.3. The van der Waals surface area contributed by atoms with Crippen molar-refractivity contribution in [3.63, 3.8) is 0 Å². The summed E-state index contributed by atoms with van der Waals surface area (Å²) in [5.41, 5.74) is 3.42. The molecule has 2 N–H and O–H groups in total. The number of benzene rings is 3. The molecule has 3 aromatic carbocycles. The van der Waals surface area contributed by atoms with Crippen LogP contribution in [0.5, 0.6) is 5.75 Å². The van der Waals surface area contributed by atoms with E-state index in [0.717, 1.165) is 10.6 Å². The molecule has 0 saturated heterocycles. The summed E-state index contributed by atoms with van der Waals surface area (Å²) in [6.45, 7) is -0.453. The molecule has 0 aliphatic carbocycles. The van der Waals surface area contributed by atoms with Gasteiger partial charge in [0.2, 0.25) is 0 Å². The van der Waals surface area contributed by atoms with Gasteiger partial charge in [0.15, 0.2) is 17.2 Å². The maximum atomic E-state index is 15.5. The highest BCUT2D eigenvalue weighted by molar-refractivity contribution is 5.79. The van der Waals surface area contributed by atoms with Crippen molar-refractivity contribution in [3.05, 3.63) is 110 Å². The zero-order valence-corrected chi connectivity index (χ0v) is 22.8. The Labute approximate surface area is 236 Å². The molecule has 0 bridgehead atoms. The number of aromatic nitrogens is 4. The van der Waals surface area contributed by atoms with Gasteiger partial charge < -0.3 is 15.4 Å². The van der Waals surface area contributed by atoms with Crippen molar-refractivity contribution in [3.8, 4) is 17.1 Å². The van der Waals surface area contributed by atoms with Gasteiger partial charge in [-0.05, 0) is 62.1 Å². The fourth-order valence-corrected chi connectivity index (χ4v) is 4.82. The molecule has 0 unspecified atom stereocenters. The lowest BCUT2D eigenvalue weighted by Gasteiger charge is -2.16. The van der Waals surface area contributed by atoms with Crippen LogP contribution in [0.1, 0.15) is 16.8 Å². The number of ether oxygens (including phenoxy) is 1. The quantitative estimate of drug-likeness (QED) is 0.228. The van der Waals surface area contributed by atoms with Gasteiger partial charge in [0.1, 0.15) is 5.39 Å². The molecule has 5 aromatic rings. The predicted molar refractivity (Wildman–Crippen MR) is 150 cm³/mol. The average molecular weight is 583 g/mol. The van der Waals surface area contributed by atoms with Crippen molar-refractivity contribution in [2.45, 2.75) is 19.3 Å². The van der Waals surface area contributed by atoms with Gasteiger partial charge in [-0.1, -0.05) is 24.3 Å². The monoisotopic (exact) mass is 582 g/mol. The largest absolute Gasteiger partial charge is 0.494 e. The van der Waals surface area contributed by atoms with E-state index in [-0.39, 0.29) is 28.9 Å². The first kappa shape index (κ1) is 28.6. The molecular formula is C29H26F4N6O3. The zero-order chi connectivity index (χ0) is 30.3. The van der Waals surface area contributed by atoms with Crippen molar-refractivity contribution >= 4 is 16.7 Å². The van der Waals surface area contributed by atoms with Crippen molar-refractivity contribution in [1.29, 1.82) is 0 Å². The Morgan fingerprint density at radius 1 is 0.976 bits per heavy atom. The Bertz CT molecular complexity index is 1910. The second kappa shape index (κ2) is 10.8. The Balaban J connectivity index is 1.92. The zero-order valence-electron chi connectivity index (χ0n) is 22.8. The summed E-state index contributed by atoms with van der Waals surface area (Å²) >= 11 is 0. The first-order chi connectivity index (χ1) is 19.9. The highest BCUT2D eigenvalue weighted by Crippen LogP contribution is 2.32. The number of hydrogen-bond acceptors (Lipinski definition) is 6. The predicted octanol–water partition coefficient (Wildman–Crippen LogP) is 4.20. The van der Waals surface area contributed by atoms with Crippen LogP contribution in [-0.2, 0) is 19.3 Å². The highest BCUT2D eigenvalue weighted by atomic mass is 19.4. The van der Waals surface area contributed by atoms with Crippen LogP contribution >= 0.6 is 0 Å². The Morgan fingerprint density at radius 3 is 2.31 bits per heavy atom. The van der Waals surface area contributed by atoms with Gasteiger partial charge in [-0.15, -0.1) is 5.10 Å². The standard InChI is InChI=1S/C29H26F4N6O3/c1-36(2)16-22-24-26(35-39(22)19-13-11-18(34)12-14-19)37(15-17-7-4-5-8-20(17)29(31,32)33)28(41)38(27(24)40)21-9-6-10-23(42-3)25(21)30/h4-14H,15-16,34H2,1-3H3. The van der Waals surface area contributed by atoms with Crippen molar-refractivity contribution in [2.24, 2.45) is 0 Å². The first-order valence-electron chi connectivity index (χ1n) is 12.7. The lowest BCUT2D eigenvalue weighted by Crippen LogP contribution is -2.40. The van der Waals surface area contributed by atoms with Gasteiger partial charge in [0.25, 0.3) is 5.56 Å². The van der Waals surface area contributed by atoms with Gasteiger partial charge in [-0.25, -0.2) is 18.4 Å². The fourth-order valence-electron chi connectivity index (χ4n) is 4.82. The lowest BCUT2D eigenvalue weighted by atomic mass is 10.1. The number of nitrogens with two attached hydrogens (primary N) is 1. The van der Waals surface area contributed by atoms with Gasteiger partial charge in [-0.3, -0.25) is 9.36 Å². The van der Waals surface area contributed by atoms with Crippen LogP contribution in [0.15, 0.2) is 76.3 Å². The van der Waals surface area contributed by atoms with Crippen LogP contribution < -0.4 is 21.7 Å². The molecule has 218 valence electrons. The number of nitrogens with zero attached hydrogens (tertiary/aromatic N) is 5. The van der Waals surface area contributed by atoms with Gasteiger partial charge in [0.05, 0.1) is 36.3 Å². The van der Waals surface area contributed by atoms with Crippen molar-refractivity contribution < 1.29 is 22.3 Å². The molecule has 42 heavy (non-hydrogen) atoms. The van der Waals surface area contributed by atoms with E-state index in [1.54, 1.807) is 43.3 Å². The van der Waals surface area contributed by atoms with E-state index >= 15 is 4.39 Å². The van der Waals surface area contributed by atoms with E-state index in [4.69, 9.17) is 10.5 Å². The topological polar surface area (TPSA) is 100 Å². The summed E-state index contributed by atoms with van der Waals surface area (Å²) in [6.07, 6.45) is -4.72. The van der Waals surface area contributed by atoms with E-state index in [1.807, 2.05) is 0 Å². The van der Waals surface area contributed by atoms with Crippen LogP contribution in [0.2, 0.25) is 0 Å². The molecule has 0 aliphatic rings. The van der Waals surface area contributed by atoms with E-state index in [9.17, 15) is 22.8 Å². The molecule has 5 rings (SSSR count).